The van der Waals surface area contributed by atoms with E-state index in [1.807, 2.05) is 24.3 Å². The Morgan fingerprint density at radius 2 is 2.27 bits per heavy atom. The molecular weight excluding hydrogens is 188 g/mol. The van der Waals surface area contributed by atoms with Gasteiger partial charge in [-0.15, -0.1) is 6.42 Å². The van der Waals surface area contributed by atoms with Gasteiger partial charge in [0, 0.05) is 18.2 Å². The monoisotopic (exact) mass is 204 g/mol. The summed E-state index contributed by atoms with van der Waals surface area (Å²) in [5.74, 6) is 3.36. The van der Waals surface area contributed by atoms with Crippen molar-refractivity contribution in [2.24, 2.45) is 5.73 Å². The molecule has 0 amide bonds. The number of ether oxygens (including phenoxy) is 1. The van der Waals surface area contributed by atoms with Gasteiger partial charge in [-0.3, -0.25) is 5.32 Å². The summed E-state index contributed by atoms with van der Waals surface area (Å²) in [5, 5.41) is 3.17. The summed E-state index contributed by atoms with van der Waals surface area (Å²) in [6.45, 7) is 0.988. The summed E-state index contributed by atoms with van der Waals surface area (Å²) in [7, 11) is 1.65. The maximum Gasteiger partial charge on any atom is 0.123 e. The molecule has 3 N–H and O–H groups in total. The minimum atomic E-state index is 0.0391. The van der Waals surface area contributed by atoms with Crippen LogP contribution in [0.15, 0.2) is 24.3 Å². The third-order valence-electron chi connectivity index (χ3n) is 2.20. The van der Waals surface area contributed by atoms with Gasteiger partial charge in [0.25, 0.3) is 0 Å². The predicted octanol–water partition coefficient (Wildman–Crippen LogP) is 0.918. The van der Waals surface area contributed by atoms with Crippen molar-refractivity contribution in [2.75, 3.05) is 20.2 Å². The Bertz CT molecular complexity index is 344. The number of nitrogens with two attached hydrogens (primary N) is 1. The zero-order chi connectivity index (χ0) is 11.1. The van der Waals surface area contributed by atoms with Gasteiger partial charge in [-0.25, -0.2) is 0 Å². The largest absolute Gasteiger partial charge is 0.496 e. The first-order valence-corrected chi connectivity index (χ1v) is 4.83. The highest BCUT2D eigenvalue weighted by molar-refractivity contribution is 5.36. The van der Waals surface area contributed by atoms with Crippen LogP contribution in [0.4, 0.5) is 0 Å². The van der Waals surface area contributed by atoms with Crippen molar-refractivity contribution in [3.63, 3.8) is 0 Å². The van der Waals surface area contributed by atoms with Gasteiger partial charge in [0.1, 0.15) is 5.75 Å². The Hall–Kier alpha value is -1.50. The van der Waals surface area contributed by atoms with Gasteiger partial charge in [0.05, 0.1) is 13.7 Å². The molecule has 0 saturated carbocycles. The quantitative estimate of drug-likeness (QED) is 0.701. The average Bonchev–Trinajstić information content (AvgIpc) is 2.30. The van der Waals surface area contributed by atoms with Crippen LogP contribution in [0.25, 0.3) is 0 Å². The molecule has 0 fully saturated rings. The number of hydrogen-bond donors (Lipinski definition) is 2. The lowest BCUT2D eigenvalue weighted by Crippen LogP contribution is -2.28. The Balaban J connectivity index is 2.86. The maximum atomic E-state index is 5.68. The van der Waals surface area contributed by atoms with Gasteiger partial charge < -0.3 is 10.5 Å². The molecule has 3 heteroatoms. The highest BCUT2D eigenvalue weighted by Crippen LogP contribution is 2.23. The SMILES string of the molecule is C#CCNC(CN)c1ccccc1OC. The molecule has 0 aliphatic heterocycles. The average molecular weight is 204 g/mol. The van der Waals surface area contributed by atoms with E-state index in [0.29, 0.717) is 13.1 Å². The van der Waals surface area contributed by atoms with Crippen molar-refractivity contribution in [1.82, 2.24) is 5.32 Å². The summed E-state index contributed by atoms with van der Waals surface area (Å²) in [4.78, 5) is 0. The van der Waals surface area contributed by atoms with Crippen molar-refractivity contribution in [3.8, 4) is 18.1 Å². The summed E-state index contributed by atoms with van der Waals surface area (Å²) in [6.07, 6.45) is 5.20. The Morgan fingerprint density at radius 3 is 2.87 bits per heavy atom. The zero-order valence-electron chi connectivity index (χ0n) is 8.86. The molecule has 3 nitrogen and oxygen atoms in total. The number of para-hydroxylation sites is 1. The van der Waals surface area contributed by atoms with E-state index in [9.17, 15) is 0 Å². The minimum Gasteiger partial charge on any atom is -0.496 e. The predicted molar refractivity (Wildman–Crippen MR) is 61.6 cm³/mol. The Morgan fingerprint density at radius 1 is 1.53 bits per heavy atom. The zero-order valence-corrected chi connectivity index (χ0v) is 8.86. The van der Waals surface area contributed by atoms with Crippen molar-refractivity contribution >= 4 is 0 Å². The van der Waals surface area contributed by atoms with Crippen LogP contribution in [0, 0.1) is 12.3 Å². The first kappa shape index (κ1) is 11.6. The number of terminal acetylenes is 1. The van der Waals surface area contributed by atoms with Crippen molar-refractivity contribution in [2.45, 2.75) is 6.04 Å². The van der Waals surface area contributed by atoms with Crippen LogP contribution in [-0.4, -0.2) is 20.2 Å². The summed E-state index contributed by atoms with van der Waals surface area (Å²) >= 11 is 0. The second-order valence-electron chi connectivity index (χ2n) is 3.12. The first-order valence-electron chi connectivity index (χ1n) is 4.83. The van der Waals surface area contributed by atoms with E-state index in [4.69, 9.17) is 16.9 Å². The lowest BCUT2D eigenvalue weighted by Gasteiger charge is -2.18. The van der Waals surface area contributed by atoms with E-state index in [2.05, 4.69) is 11.2 Å². The van der Waals surface area contributed by atoms with Gasteiger partial charge in [0.2, 0.25) is 0 Å². The Labute approximate surface area is 90.6 Å². The lowest BCUT2D eigenvalue weighted by molar-refractivity contribution is 0.401. The number of nitrogens with one attached hydrogen (secondary N) is 1. The lowest BCUT2D eigenvalue weighted by atomic mass is 10.1. The molecular formula is C12H16N2O. The van der Waals surface area contributed by atoms with E-state index in [0.717, 1.165) is 11.3 Å². The molecule has 0 aromatic heterocycles. The maximum absolute atomic E-state index is 5.68. The minimum absolute atomic E-state index is 0.0391. The van der Waals surface area contributed by atoms with Crippen molar-refractivity contribution in [1.29, 1.82) is 0 Å². The molecule has 0 radical (unpaired) electrons. The van der Waals surface area contributed by atoms with E-state index in [-0.39, 0.29) is 6.04 Å². The molecule has 80 valence electrons. The van der Waals surface area contributed by atoms with E-state index in [1.165, 1.54) is 0 Å². The van der Waals surface area contributed by atoms with Gasteiger partial charge in [-0.05, 0) is 6.07 Å². The van der Waals surface area contributed by atoms with Crippen LogP contribution in [-0.2, 0) is 0 Å². The van der Waals surface area contributed by atoms with E-state index in [1.54, 1.807) is 7.11 Å². The fourth-order valence-corrected chi connectivity index (χ4v) is 1.46. The van der Waals surface area contributed by atoms with Crippen molar-refractivity contribution < 1.29 is 4.74 Å². The third-order valence-corrected chi connectivity index (χ3v) is 2.20. The van der Waals surface area contributed by atoms with Crippen LogP contribution in [0.3, 0.4) is 0 Å². The molecule has 1 unspecified atom stereocenters. The molecule has 0 aliphatic rings. The Kier molecular flexibility index (Phi) is 4.69. The summed E-state index contributed by atoms with van der Waals surface area (Å²) in [6, 6.07) is 7.82. The van der Waals surface area contributed by atoms with Gasteiger partial charge in [0.15, 0.2) is 0 Å². The van der Waals surface area contributed by atoms with Crippen LogP contribution in [0.1, 0.15) is 11.6 Å². The van der Waals surface area contributed by atoms with Gasteiger partial charge in [-0.2, -0.15) is 0 Å². The van der Waals surface area contributed by atoms with E-state index >= 15 is 0 Å². The molecule has 0 heterocycles. The highest BCUT2D eigenvalue weighted by atomic mass is 16.5. The molecule has 1 aromatic rings. The van der Waals surface area contributed by atoms with E-state index < -0.39 is 0 Å². The molecule has 0 bridgehead atoms. The van der Waals surface area contributed by atoms with Crippen LogP contribution in [0.5, 0.6) is 5.75 Å². The fourth-order valence-electron chi connectivity index (χ4n) is 1.46. The second-order valence-corrected chi connectivity index (χ2v) is 3.12. The second kappa shape index (κ2) is 6.07. The number of benzene rings is 1. The number of methoxy groups -OCH3 is 1. The fraction of sp³-hybridized carbons (Fsp3) is 0.333. The highest BCUT2D eigenvalue weighted by Gasteiger charge is 2.12. The van der Waals surface area contributed by atoms with Crippen molar-refractivity contribution in [3.05, 3.63) is 29.8 Å². The topological polar surface area (TPSA) is 47.3 Å². The van der Waals surface area contributed by atoms with Crippen LogP contribution in [0.2, 0.25) is 0 Å². The molecule has 1 atom stereocenters. The molecule has 15 heavy (non-hydrogen) atoms. The normalized spacial score (nSPS) is 11.8. The molecule has 0 spiro atoms. The smallest absolute Gasteiger partial charge is 0.123 e. The molecule has 1 aromatic carbocycles. The summed E-state index contributed by atoms with van der Waals surface area (Å²) in [5.41, 5.74) is 6.72. The molecule has 1 rings (SSSR count). The third kappa shape index (κ3) is 2.98. The molecule has 0 saturated heterocycles. The standard InChI is InChI=1S/C12H16N2O/c1-3-8-14-11(9-13)10-6-4-5-7-12(10)15-2/h1,4-7,11,14H,8-9,13H2,2H3. The number of hydrogen-bond acceptors (Lipinski definition) is 3. The first-order chi connectivity index (χ1) is 7.33. The summed E-state index contributed by atoms with van der Waals surface area (Å²) < 4.78 is 5.26. The van der Waals surface area contributed by atoms with Crippen LogP contribution >= 0.6 is 0 Å². The van der Waals surface area contributed by atoms with Gasteiger partial charge >= 0.3 is 0 Å². The van der Waals surface area contributed by atoms with Gasteiger partial charge in [-0.1, -0.05) is 24.1 Å². The molecule has 0 aliphatic carbocycles. The number of rotatable bonds is 5. The van der Waals surface area contributed by atoms with Crippen LogP contribution < -0.4 is 15.8 Å².